The number of carbonyl (C=O) groups excluding carboxylic acids is 3. The van der Waals surface area contributed by atoms with Crippen LogP contribution in [0.1, 0.15) is 55.2 Å². The highest BCUT2D eigenvalue weighted by Crippen LogP contribution is 2.25. The molecule has 0 bridgehead atoms. The summed E-state index contributed by atoms with van der Waals surface area (Å²) in [6.45, 7) is 5.80. The molecule has 51 heavy (non-hydrogen) atoms. The smallest absolute Gasteiger partial charge is 0.291 e. The molecule has 0 aliphatic heterocycles. The van der Waals surface area contributed by atoms with Crippen LogP contribution in [0.5, 0.6) is 11.5 Å². The van der Waals surface area contributed by atoms with Crippen LogP contribution in [0.15, 0.2) is 65.8 Å². The van der Waals surface area contributed by atoms with Gasteiger partial charge in [-0.15, -0.1) is 5.10 Å². The number of rotatable bonds is 16. The molecule has 4 rings (SSSR count). The monoisotopic (exact) mass is 756 g/mol. The summed E-state index contributed by atoms with van der Waals surface area (Å²) in [6, 6.07) is 13.1. The number of nitrogens with one attached hydrogen (secondary N) is 3. The number of benzene rings is 2. The molecule has 17 heteroatoms. The van der Waals surface area contributed by atoms with Crippen molar-refractivity contribution in [3.8, 4) is 17.2 Å². The number of halogens is 3. The molecule has 4 aromatic rings. The van der Waals surface area contributed by atoms with Gasteiger partial charge in [0.15, 0.2) is 5.96 Å². The van der Waals surface area contributed by atoms with Crippen molar-refractivity contribution in [2.75, 3.05) is 6.54 Å². The maximum atomic E-state index is 13.7. The second-order valence-corrected chi connectivity index (χ2v) is 13.3. The van der Waals surface area contributed by atoms with Crippen molar-refractivity contribution in [2.45, 2.75) is 58.7 Å². The van der Waals surface area contributed by atoms with E-state index in [0.29, 0.717) is 56.6 Å². The number of aliphatic imine (C=N–C) groups is 1. The van der Waals surface area contributed by atoms with E-state index in [4.69, 9.17) is 51.0 Å². The lowest BCUT2D eigenvalue weighted by atomic mass is 10.0. The molecule has 0 aliphatic carbocycles. The Hall–Kier alpha value is -4.92. The van der Waals surface area contributed by atoms with E-state index in [1.54, 1.807) is 67.7 Å². The molecule has 2 aromatic carbocycles. The molecule has 270 valence electrons. The van der Waals surface area contributed by atoms with Crippen molar-refractivity contribution in [3.05, 3.63) is 93.2 Å². The van der Waals surface area contributed by atoms with Crippen molar-refractivity contribution < 1.29 is 19.1 Å². The number of hydrogen-bond acceptors (Lipinski definition) is 8. The molecule has 0 unspecified atom stereocenters. The third kappa shape index (κ3) is 12.1. The second kappa shape index (κ2) is 18.4. The van der Waals surface area contributed by atoms with E-state index < -0.39 is 29.8 Å². The zero-order valence-corrected chi connectivity index (χ0v) is 30.5. The zero-order valence-electron chi connectivity index (χ0n) is 28.2. The van der Waals surface area contributed by atoms with Gasteiger partial charge < -0.3 is 32.2 Å². The van der Waals surface area contributed by atoms with Gasteiger partial charge in [-0.25, -0.2) is 9.67 Å². The normalized spacial score (nSPS) is 12.1. The molecule has 0 saturated heterocycles. The molecule has 3 amide bonds. The lowest BCUT2D eigenvalue weighted by Gasteiger charge is -2.24. The lowest BCUT2D eigenvalue weighted by Crippen LogP contribution is -2.54. The van der Waals surface area contributed by atoms with E-state index in [1.807, 2.05) is 13.8 Å². The minimum absolute atomic E-state index is 0.0413. The highest BCUT2D eigenvalue weighted by atomic mass is 35.5. The average molecular weight is 758 g/mol. The van der Waals surface area contributed by atoms with Crippen LogP contribution in [0.25, 0.3) is 5.69 Å². The molecule has 0 radical (unpaired) electrons. The van der Waals surface area contributed by atoms with Crippen LogP contribution >= 0.6 is 34.8 Å². The Bertz CT molecular complexity index is 1860. The number of nitrogens with zero attached hydrogens (tertiary/aromatic N) is 5. The summed E-state index contributed by atoms with van der Waals surface area (Å²) in [5.41, 5.74) is 11.9. The van der Waals surface area contributed by atoms with E-state index in [2.05, 4.69) is 36.0 Å². The molecule has 0 spiro atoms. The second-order valence-electron chi connectivity index (χ2n) is 11.9. The number of nitrogens with two attached hydrogens (primary N) is 2. The van der Waals surface area contributed by atoms with Gasteiger partial charge in [0, 0.05) is 33.9 Å². The standard InChI is InChI=1S/C34H39Cl3N10O4/c1-19(2)12-29(31(48)42-18-24-17-27(9-11-40-24)51-26-7-4-6-21(35)16-26)45-32(49)28(8-5-10-41-34(38)39)44-33(50)30-43-20(3)47(46-30)25-14-22(36)13-23(37)15-25/h4,6-7,9,11,13-17,19,28-29H,5,8,10,12,18H2,1-3H3,(H,42,48)(H,44,50)(H,45,49)(H4,38,39,41)/t28-,29-/m0/s1. The van der Waals surface area contributed by atoms with Crippen LogP contribution in [-0.2, 0) is 16.1 Å². The van der Waals surface area contributed by atoms with Crippen molar-refractivity contribution >= 4 is 58.5 Å². The Labute approximate surface area is 310 Å². The molecular weight excluding hydrogens is 719 g/mol. The number of aryl methyl sites for hydroxylation is 1. The van der Waals surface area contributed by atoms with Crippen LogP contribution in [0.4, 0.5) is 0 Å². The molecule has 2 heterocycles. The van der Waals surface area contributed by atoms with Crippen molar-refractivity contribution in [3.63, 3.8) is 0 Å². The molecule has 7 N–H and O–H groups in total. The summed E-state index contributed by atoms with van der Waals surface area (Å²) in [4.78, 5) is 53.1. The quantitative estimate of drug-likeness (QED) is 0.0609. The maximum absolute atomic E-state index is 13.7. The van der Waals surface area contributed by atoms with Crippen LogP contribution < -0.4 is 32.2 Å². The molecular formula is C34H39Cl3N10O4. The van der Waals surface area contributed by atoms with Gasteiger partial charge in [-0.1, -0.05) is 54.7 Å². The summed E-state index contributed by atoms with van der Waals surface area (Å²) < 4.78 is 7.29. The Kier molecular flexibility index (Phi) is 14.0. The number of amides is 3. The summed E-state index contributed by atoms with van der Waals surface area (Å²) in [7, 11) is 0. The third-order valence-electron chi connectivity index (χ3n) is 7.23. The van der Waals surface area contributed by atoms with Gasteiger partial charge in [-0.05, 0) is 74.6 Å². The van der Waals surface area contributed by atoms with Gasteiger partial charge in [0.25, 0.3) is 5.91 Å². The molecule has 0 saturated carbocycles. The SMILES string of the molecule is Cc1nc(C(=O)N[C@@H](CCCN=C(N)N)C(=O)N[C@@H](CC(C)C)C(=O)NCc2cc(Oc3cccc(Cl)c3)ccn2)nn1-c1cc(Cl)cc(Cl)c1. The fourth-order valence-electron chi connectivity index (χ4n) is 4.95. The number of pyridine rings is 1. The van der Waals surface area contributed by atoms with Crippen molar-refractivity contribution in [1.82, 2.24) is 35.7 Å². The largest absolute Gasteiger partial charge is 0.457 e. The topological polar surface area (TPSA) is 205 Å². The molecule has 14 nitrogen and oxygen atoms in total. The van der Waals surface area contributed by atoms with Gasteiger partial charge in [0.1, 0.15) is 29.4 Å². The molecule has 0 fully saturated rings. The summed E-state index contributed by atoms with van der Waals surface area (Å²) >= 11 is 18.4. The fraction of sp³-hybridized carbons (Fsp3) is 0.324. The highest BCUT2D eigenvalue weighted by molar-refractivity contribution is 6.34. The van der Waals surface area contributed by atoms with Crippen LogP contribution in [0, 0.1) is 12.8 Å². The summed E-state index contributed by atoms with van der Waals surface area (Å²) in [5, 5.41) is 14.0. The molecule has 2 aromatic heterocycles. The first kappa shape index (κ1) is 38.9. The zero-order chi connectivity index (χ0) is 37.1. The van der Waals surface area contributed by atoms with Gasteiger partial charge in [-0.2, -0.15) is 0 Å². The first-order valence-electron chi connectivity index (χ1n) is 16.0. The van der Waals surface area contributed by atoms with Gasteiger partial charge in [0.05, 0.1) is 17.9 Å². The summed E-state index contributed by atoms with van der Waals surface area (Å²) in [5.74, 6) is -0.516. The molecule has 2 atom stereocenters. The predicted molar refractivity (Wildman–Crippen MR) is 196 cm³/mol. The number of guanidine groups is 1. The highest BCUT2D eigenvalue weighted by Gasteiger charge is 2.29. The Morgan fingerprint density at radius 2 is 1.65 bits per heavy atom. The van der Waals surface area contributed by atoms with E-state index in [1.165, 1.54) is 4.68 Å². The Balaban J connectivity index is 1.46. The number of ether oxygens (including phenoxy) is 1. The van der Waals surface area contributed by atoms with E-state index >= 15 is 0 Å². The minimum Gasteiger partial charge on any atom is -0.457 e. The number of hydrogen-bond donors (Lipinski definition) is 5. The molecule has 0 aliphatic rings. The van der Waals surface area contributed by atoms with Crippen LogP contribution in [-0.4, -0.2) is 62.1 Å². The Morgan fingerprint density at radius 1 is 0.922 bits per heavy atom. The van der Waals surface area contributed by atoms with Gasteiger partial charge >= 0.3 is 0 Å². The average Bonchev–Trinajstić information content (AvgIpc) is 3.45. The van der Waals surface area contributed by atoms with Gasteiger partial charge in [0.2, 0.25) is 17.6 Å². The van der Waals surface area contributed by atoms with E-state index in [-0.39, 0.29) is 37.2 Å². The first-order chi connectivity index (χ1) is 24.3. The van der Waals surface area contributed by atoms with E-state index in [0.717, 1.165) is 0 Å². The van der Waals surface area contributed by atoms with Crippen molar-refractivity contribution in [2.24, 2.45) is 22.4 Å². The summed E-state index contributed by atoms with van der Waals surface area (Å²) in [6.07, 6.45) is 2.38. The van der Waals surface area contributed by atoms with Crippen molar-refractivity contribution in [1.29, 1.82) is 0 Å². The predicted octanol–water partition coefficient (Wildman–Crippen LogP) is 4.72. The fourth-order valence-corrected chi connectivity index (χ4v) is 5.64. The number of aromatic nitrogens is 4. The third-order valence-corrected chi connectivity index (χ3v) is 7.91. The minimum atomic E-state index is -1.08. The maximum Gasteiger partial charge on any atom is 0.291 e. The first-order valence-corrected chi connectivity index (χ1v) is 17.1. The van der Waals surface area contributed by atoms with Crippen LogP contribution in [0.2, 0.25) is 15.1 Å². The van der Waals surface area contributed by atoms with Crippen LogP contribution in [0.3, 0.4) is 0 Å². The van der Waals surface area contributed by atoms with Gasteiger partial charge in [-0.3, -0.25) is 24.4 Å². The Morgan fingerprint density at radius 3 is 2.33 bits per heavy atom. The number of carbonyl (C=O) groups is 3. The van der Waals surface area contributed by atoms with E-state index in [9.17, 15) is 14.4 Å². The lowest BCUT2D eigenvalue weighted by molar-refractivity contribution is -0.130.